The monoisotopic (exact) mass is 227 g/mol. The number of aryl methyl sites for hydroxylation is 2. The van der Waals surface area contributed by atoms with Crippen LogP contribution in [-0.2, 0) is 12.8 Å². The van der Waals surface area contributed by atoms with Crippen LogP contribution in [0.3, 0.4) is 0 Å². The molecule has 1 aromatic heterocycles. The maximum absolute atomic E-state index is 4.22. The van der Waals surface area contributed by atoms with Gasteiger partial charge in [0.15, 0.2) is 0 Å². The topological polar surface area (TPSA) is 40.7 Å². The first kappa shape index (κ1) is 10.4. The van der Waals surface area contributed by atoms with Crippen molar-refractivity contribution in [2.45, 2.75) is 32.7 Å². The summed E-state index contributed by atoms with van der Waals surface area (Å²) in [7, 11) is 0. The van der Waals surface area contributed by atoms with Crippen LogP contribution in [0.1, 0.15) is 22.5 Å². The largest absolute Gasteiger partial charge is 0.379 e. The van der Waals surface area contributed by atoms with Crippen LogP contribution >= 0.6 is 0 Å². The van der Waals surface area contributed by atoms with Crippen LogP contribution < -0.4 is 5.32 Å². The van der Waals surface area contributed by atoms with Crippen molar-refractivity contribution in [2.24, 2.45) is 0 Å². The van der Waals surface area contributed by atoms with Crippen molar-refractivity contribution in [2.75, 3.05) is 5.32 Å². The van der Waals surface area contributed by atoms with E-state index in [0.29, 0.717) is 6.04 Å². The van der Waals surface area contributed by atoms with E-state index in [4.69, 9.17) is 0 Å². The Labute approximate surface area is 101 Å². The highest BCUT2D eigenvalue weighted by atomic mass is 15.2. The number of nitrogens with one attached hydrogen (secondary N) is 2. The Kier molecular flexibility index (Phi) is 2.39. The zero-order valence-electron chi connectivity index (χ0n) is 10.2. The molecule has 0 saturated carbocycles. The molecule has 88 valence electrons. The zero-order chi connectivity index (χ0) is 11.8. The predicted molar refractivity (Wildman–Crippen MR) is 69.3 cm³/mol. The van der Waals surface area contributed by atoms with Gasteiger partial charge in [-0.05, 0) is 37.8 Å². The summed E-state index contributed by atoms with van der Waals surface area (Å²) in [4.78, 5) is 0. The molecule has 3 rings (SSSR count). The molecule has 0 unspecified atom stereocenters. The van der Waals surface area contributed by atoms with Gasteiger partial charge in [-0.3, -0.25) is 5.10 Å². The van der Waals surface area contributed by atoms with Gasteiger partial charge in [-0.15, -0.1) is 0 Å². The number of hydrogen-bond acceptors (Lipinski definition) is 2. The number of H-pyrrole nitrogens is 1. The second kappa shape index (κ2) is 3.91. The van der Waals surface area contributed by atoms with E-state index in [1.807, 2.05) is 6.92 Å². The molecule has 17 heavy (non-hydrogen) atoms. The number of fused-ring (bicyclic) bond motifs is 1. The molecular formula is C14H17N3. The van der Waals surface area contributed by atoms with E-state index in [1.165, 1.54) is 16.8 Å². The van der Waals surface area contributed by atoms with E-state index in [9.17, 15) is 0 Å². The smallest absolute Gasteiger partial charge is 0.0825 e. The molecule has 0 aliphatic heterocycles. The lowest BCUT2D eigenvalue weighted by atomic mass is 10.1. The molecule has 1 heterocycles. The molecule has 0 spiro atoms. The van der Waals surface area contributed by atoms with Crippen molar-refractivity contribution in [1.82, 2.24) is 10.2 Å². The molecule has 3 heteroatoms. The van der Waals surface area contributed by atoms with Crippen LogP contribution in [0, 0.1) is 13.8 Å². The first-order valence-electron chi connectivity index (χ1n) is 6.09. The number of aromatic nitrogens is 2. The van der Waals surface area contributed by atoms with Gasteiger partial charge in [0.2, 0.25) is 0 Å². The van der Waals surface area contributed by atoms with Crippen molar-refractivity contribution in [1.29, 1.82) is 0 Å². The predicted octanol–water partition coefficient (Wildman–Crippen LogP) is 2.61. The molecule has 0 bridgehead atoms. The highest BCUT2D eigenvalue weighted by Gasteiger charge is 2.22. The van der Waals surface area contributed by atoms with E-state index >= 15 is 0 Å². The Balaban J connectivity index is 1.78. The SMILES string of the molecule is Cc1n[nH]c(C)c1NC1Cc2ccccc2C1. The van der Waals surface area contributed by atoms with E-state index < -0.39 is 0 Å². The standard InChI is InChI=1S/C14H17N3/c1-9-14(10(2)17-16-9)15-13-7-11-5-3-4-6-12(11)8-13/h3-6,13,15H,7-8H2,1-2H3,(H,16,17). The summed E-state index contributed by atoms with van der Waals surface area (Å²) >= 11 is 0. The average molecular weight is 227 g/mol. The van der Waals surface area contributed by atoms with Crippen LogP contribution in [0.2, 0.25) is 0 Å². The molecule has 3 nitrogen and oxygen atoms in total. The normalized spacial score (nSPS) is 14.9. The second-order valence-corrected chi connectivity index (χ2v) is 4.83. The van der Waals surface area contributed by atoms with Gasteiger partial charge in [-0.2, -0.15) is 5.10 Å². The first-order valence-corrected chi connectivity index (χ1v) is 6.09. The molecule has 1 aromatic carbocycles. The highest BCUT2D eigenvalue weighted by Crippen LogP contribution is 2.26. The van der Waals surface area contributed by atoms with Crippen molar-refractivity contribution >= 4 is 5.69 Å². The summed E-state index contributed by atoms with van der Waals surface area (Å²) in [6.07, 6.45) is 2.22. The number of benzene rings is 1. The van der Waals surface area contributed by atoms with E-state index in [-0.39, 0.29) is 0 Å². The summed E-state index contributed by atoms with van der Waals surface area (Å²) in [5.74, 6) is 0. The minimum atomic E-state index is 0.502. The molecule has 0 radical (unpaired) electrons. The summed E-state index contributed by atoms with van der Waals surface area (Å²) in [6, 6.07) is 9.20. The van der Waals surface area contributed by atoms with Gasteiger partial charge in [0.1, 0.15) is 0 Å². The van der Waals surface area contributed by atoms with Gasteiger partial charge in [0.25, 0.3) is 0 Å². The maximum Gasteiger partial charge on any atom is 0.0825 e. The van der Waals surface area contributed by atoms with Crippen LogP contribution in [0.25, 0.3) is 0 Å². The van der Waals surface area contributed by atoms with Crippen LogP contribution in [-0.4, -0.2) is 16.2 Å². The molecule has 0 fully saturated rings. The Bertz CT molecular complexity index is 498. The van der Waals surface area contributed by atoms with Gasteiger partial charge in [0.05, 0.1) is 17.1 Å². The molecular weight excluding hydrogens is 210 g/mol. The van der Waals surface area contributed by atoms with Gasteiger partial charge < -0.3 is 5.32 Å². The van der Waals surface area contributed by atoms with Gasteiger partial charge >= 0.3 is 0 Å². The minimum absolute atomic E-state index is 0.502. The molecule has 1 aliphatic carbocycles. The molecule has 0 atom stereocenters. The molecule has 0 amide bonds. The quantitative estimate of drug-likeness (QED) is 0.828. The molecule has 2 N–H and O–H groups in total. The fraction of sp³-hybridized carbons (Fsp3) is 0.357. The molecule has 2 aromatic rings. The molecule has 1 aliphatic rings. The number of anilines is 1. The Morgan fingerprint density at radius 1 is 1.18 bits per heavy atom. The first-order chi connectivity index (χ1) is 8.24. The Morgan fingerprint density at radius 2 is 1.82 bits per heavy atom. The Morgan fingerprint density at radius 3 is 2.35 bits per heavy atom. The van der Waals surface area contributed by atoms with Crippen LogP contribution in [0.5, 0.6) is 0 Å². The third-order valence-electron chi connectivity index (χ3n) is 3.53. The van der Waals surface area contributed by atoms with Gasteiger partial charge in [-0.25, -0.2) is 0 Å². The lowest BCUT2D eigenvalue weighted by molar-refractivity contribution is 0.772. The fourth-order valence-electron chi connectivity index (χ4n) is 2.63. The molecule has 0 saturated heterocycles. The van der Waals surface area contributed by atoms with E-state index in [2.05, 4.69) is 46.7 Å². The van der Waals surface area contributed by atoms with E-state index in [1.54, 1.807) is 0 Å². The summed E-state index contributed by atoms with van der Waals surface area (Å²) in [6.45, 7) is 4.10. The van der Waals surface area contributed by atoms with Crippen molar-refractivity contribution in [3.05, 3.63) is 46.8 Å². The Hall–Kier alpha value is -1.77. The number of nitrogens with zero attached hydrogens (tertiary/aromatic N) is 1. The summed E-state index contributed by atoms with van der Waals surface area (Å²) < 4.78 is 0. The van der Waals surface area contributed by atoms with Crippen molar-refractivity contribution in [3.63, 3.8) is 0 Å². The average Bonchev–Trinajstić information content (AvgIpc) is 2.87. The van der Waals surface area contributed by atoms with Gasteiger partial charge in [-0.1, -0.05) is 24.3 Å². The van der Waals surface area contributed by atoms with Crippen LogP contribution in [0.15, 0.2) is 24.3 Å². The number of rotatable bonds is 2. The summed E-state index contributed by atoms with van der Waals surface area (Å²) in [5.41, 5.74) is 6.30. The maximum atomic E-state index is 4.22. The van der Waals surface area contributed by atoms with Gasteiger partial charge in [0, 0.05) is 6.04 Å². The second-order valence-electron chi connectivity index (χ2n) is 4.83. The summed E-state index contributed by atoms with van der Waals surface area (Å²) in [5, 5.41) is 10.8. The lowest BCUT2D eigenvalue weighted by Gasteiger charge is -2.13. The van der Waals surface area contributed by atoms with E-state index in [0.717, 1.165) is 24.2 Å². The minimum Gasteiger partial charge on any atom is -0.379 e. The lowest BCUT2D eigenvalue weighted by Crippen LogP contribution is -2.20. The number of hydrogen-bond donors (Lipinski definition) is 2. The van der Waals surface area contributed by atoms with Crippen molar-refractivity contribution in [3.8, 4) is 0 Å². The highest BCUT2D eigenvalue weighted by molar-refractivity contribution is 5.53. The zero-order valence-corrected chi connectivity index (χ0v) is 10.2. The fourth-order valence-corrected chi connectivity index (χ4v) is 2.63. The number of aromatic amines is 1. The van der Waals surface area contributed by atoms with Crippen LogP contribution in [0.4, 0.5) is 5.69 Å². The third-order valence-corrected chi connectivity index (χ3v) is 3.53. The van der Waals surface area contributed by atoms with Crippen molar-refractivity contribution < 1.29 is 0 Å². The third kappa shape index (κ3) is 1.82.